The quantitative estimate of drug-likeness (QED) is 0.113. The maximum atomic E-state index is 11.8. The van der Waals surface area contributed by atoms with Crippen LogP contribution in [0.25, 0.3) is 33.4 Å². The number of carbonyl (C=O) groups excluding carboxylic acids is 3. The molecule has 7 aromatic carbocycles. The third-order valence-corrected chi connectivity index (χ3v) is 11.9. The lowest BCUT2D eigenvalue weighted by Gasteiger charge is -2.21. The molecule has 7 aromatic rings. The van der Waals surface area contributed by atoms with Crippen molar-refractivity contribution in [2.75, 3.05) is 0 Å². The summed E-state index contributed by atoms with van der Waals surface area (Å²) < 4.78 is 0. The molecule has 0 aromatic heterocycles. The van der Waals surface area contributed by atoms with E-state index >= 15 is 0 Å². The molecule has 0 aliphatic carbocycles. The minimum Gasteiger partial charge on any atom is -0.507 e. The molecule has 0 bridgehead atoms. The summed E-state index contributed by atoms with van der Waals surface area (Å²) in [5, 5.41) is 32.0. The van der Waals surface area contributed by atoms with Crippen LogP contribution in [0.15, 0.2) is 127 Å². The summed E-state index contributed by atoms with van der Waals surface area (Å²) in [6, 6.07) is 40.8. The minimum atomic E-state index is -0.385. The Balaban J connectivity index is 1.24. The minimum absolute atomic E-state index is 0.0194. The Morgan fingerprint density at radius 3 is 0.725 bits per heavy atom. The van der Waals surface area contributed by atoms with Crippen molar-refractivity contribution in [2.45, 2.75) is 78.6 Å². The molecular formula is C63H54O6. The van der Waals surface area contributed by atoms with E-state index in [0.29, 0.717) is 52.2 Å². The van der Waals surface area contributed by atoms with Gasteiger partial charge in [-0.15, -0.1) is 0 Å². The average Bonchev–Trinajstić information content (AvgIpc) is 3.32. The molecule has 0 amide bonds. The molecule has 342 valence electrons. The Labute approximate surface area is 405 Å². The summed E-state index contributed by atoms with van der Waals surface area (Å²) in [6.45, 7) is 17.8. The van der Waals surface area contributed by atoms with Crippen LogP contribution in [0.3, 0.4) is 0 Å². The number of carbonyl (C=O) groups is 3. The molecule has 0 radical (unpaired) electrons. The molecule has 0 unspecified atom stereocenters. The van der Waals surface area contributed by atoms with Gasteiger partial charge in [-0.2, -0.15) is 0 Å². The molecule has 0 saturated heterocycles. The second kappa shape index (κ2) is 19.5. The number of rotatable bonds is 6. The maximum absolute atomic E-state index is 11.8. The van der Waals surface area contributed by atoms with Crippen LogP contribution in [0.5, 0.6) is 17.2 Å². The van der Waals surface area contributed by atoms with Crippen LogP contribution in [0.4, 0.5) is 0 Å². The number of aldehydes is 3. The van der Waals surface area contributed by atoms with E-state index in [1.807, 2.05) is 153 Å². The fourth-order valence-electron chi connectivity index (χ4n) is 7.97. The van der Waals surface area contributed by atoms with Crippen molar-refractivity contribution in [2.24, 2.45) is 0 Å². The fraction of sp³-hybridized carbons (Fsp3) is 0.190. The maximum Gasteiger partial charge on any atom is 0.153 e. The van der Waals surface area contributed by atoms with E-state index in [4.69, 9.17) is 0 Å². The first-order valence-electron chi connectivity index (χ1n) is 22.7. The van der Waals surface area contributed by atoms with Crippen LogP contribution in [0.1, 0.15) is 143 Å². The second-order valence-electron chi connectivity index (χ2n) is 20.3. The molecule has 0 aliphatic rings. The molecule has 69 heavy (non-hydrogen) atoms. The molecule has 3 N–H and O–H groups in total. The lowest BCUT2D eigenvalue weighted by molar-refractivity contribution is 0.111. The molecule has 0 spiro atoms. The highest BCUT2D eigenvalue weighted by Crippen LogP contribution is 2.37. The zero-order valence-corrected chi connectivity index (χ0v) is 40.4. The third-order valence-electron chi connectivity index (χ3n) is 11.9. The molecule has 0 fully saturated rings. The van der Waals surface area contributed by atoms with E-state index in [1.54, 1.807) is 18.2 Å². The SMILES string of the molecule is CC(C)(C)c1cc(C#Cc2ccc(-c3cc(-c4ccc(C#Cc5cc(C=O)c(O)c(C(C)(C)C)c5)cc4)cc(-c4ccc(C#Cc5cc(C=O)c(O)c(C(C)(C)C)c5)cc4)c3)cc2)cc(C=O)c1O. The van der Waals surface area contributed by atoms with Crippen molar-refractivity contribution >= 4 is 18.9 Å². The number of hydrogen-bond donors (Lipinski definition) is 3. The van der Waals surface area contributed by atoms with Gasteiger partial charge in [0.25, 0.3) is 0 Å². The first-order chi connectivity index (χ1) is 32.6. The molecule has 0 atom stereocenters. The Morgan fingerprint density at radius 2 is 0.522 bits per heavy atom. The zero-order valence-electron chi connectivity index (χ0n) is 40.4. The second-order valence-corrected chi connectivity index (χ2v) is 20.3. The van der Waals surface area contributed by atoms with Crippen LogP contribution in [0.2, 0.25) is 0 Å². The number of phenols is 3. The van der Waals surface area contributed by atoms with E-state index in [-0.39, 0.29) is 50.2 Å². The molecular weight excluding hydrogens is 853 g/mol. The summed E-state index contributed by atoms with van der Waals surface area (Å²) in [5.74, 6) is 19.2. The predicted molar refractivity (Wildman–Crippen MR) is 277 cm³/mol. The first kappa shape index (κ1) is 48.6. The number of phenolic OH excluding ortho intramolecular Hbond substituents is 3. The Hall–Kier alpha value is -8.37. The summed E-state index contributed by atoms with van der Waals surface area (Å²) in [5.41, 5.74) is 11.6. The van der Waals surface area contributed by atoms with Crippen LogP contribution in [0, 0.1) is 35.5 Å². The summed E-state index contributed by atoms with van der Waals surface area (Å²) in [7, 11) is 0. The Kier molecular flexibility index (Phi) is 13.7. The monoisotopic (exact) mass is 906 g/mol. The van der Waals surface area contributed by atoms with Gasteiger partial charge in [-0.3, -0.25) is 14.4 Å². The standard InChI is InChI=1S/C63H54O6/c1-61(2,3)55-31-43(28-52(37-64)58(55)67)13-10-40-16-22-46(23-17-40)49-34-50(47-24-18-41(19-25-47)11-14-44-29-53(38-65)59(68)56(32-44)62(4,5)6)36-51(35-49)48-26-20-42(21-27-48)12-15-45-30-54(39-66)60(69)57(33-45)63(7,8)9/h16-39,67-69H,1-9H3. The van der Waals surface area contributed by atoms with Gasteiger partial charge in [0.15, 0.2) is 18.9 Å². The van der Waals surface area contributed by atoms with Crippen molar-refractivity contribution in [1.82, 2.24) is 0 Å². The van der Waals surface area contributed by atoms with Crippen molar-refractivity contribution in [3.63, 3.8) is 0 Å². The summed E-state index contributed by atoms with van der Waals surface area (Å²) in [4.78, 5) is 35.4. The average molecular weight is 907 g/mol. The van der Waals surface area contributed by atoms with Gasteiger partial charge in [-0.25, -0.2) is 0 Å². The number of benzene rings is 7. The van der Waals surface area contributed by atoms with Gasteiger partial charge in [-0.1, -0.05) is 134 Å². The molecule has 0 heterocycles. The lowest BCUT2D eigenvalue weighted by Crippen LogP contribution is -2.12. The van der Waals surface area contributed by atoms with Crippen molar-refractivity contribution in [1.29, 1.82) is 0 Å². The smallest absolute Gasteiger partial charge is 0.153 e. The fourth-order valence-corrected chi connectivity index (χ4v) is 7.97. The van der Waals surface area contributed by atoms with Gasteiger partial charge < -0.3 is 15.3 Å². The molecule has 0 aliphatic heterocycles. The largest absolute Gasteiger partial charge is 0.507 e. The van der Waals surface area contributed by atoms with Gasteiger partial charge in [0.05, 0.1) is 16.7 Å². The van der Waals surface area contributed by atoms with Crippen LogP contribution >= 0.6 is 0 Å². The molecule has 6 nitrogen and oxygen atoms in total. The van der Waals surface area contributed by atoms with Gasteiger partial charge in [0.2, 0.25) is 0 Å². The van der Waals surface area contributed by atoms with Crippen molar-refractivity contribution in [3.05, 3.63) is 194 Å². The molecule has 0 saturated carbocycles. The first-order valence-corrected chi connectivity index (χ1v) is 22.7. The summed E-state index contributed by atoms with van der Waals surface area (Å²) in [6.07, 6.45) is 1.96. The number of aromatic hydroxyl groups is 3. The van der Waals surface area contributed by atoms with E-state index in [0.717, 1.165) is 50.1 Å². The Bertz CT molecular complexity index is 2960. The molecule has 6 heteroatoms. The Morgan fingerprint density at radius 1 is 0.304 bits per heavy atom. The normalized spacial score (nSPS) is 11.3. The topological polar surface area (TPSA) is 112 Å². The highest BCUT2D eigenvalue weighted by molar-refractivity contribution is 5.84. The zero-order chi connectivity index (χ0) is 49.8. The molecule has 7 rings (SSSR count). The van der Waals surface area contributed by atoms with E-state index in [9.17, 15) is 29.7 Å². The lowest BCUT2D eigenvalue weighted by atomic mass is 9.84. The van der Waals surface area contributed by atoms with Crippen molar-refractivity contribution < 1.29 is 29.7 Å². The van der Waals surface area contributed by atoms with E-state index in [2.05, 4.69) is 53.7 Å². The van der Waals surface area contributed by atoms with Gasteiger partial charge in [0, 0.05) is 50.1 Å². The van der Waals surface area contributed by atoms with Gasteiger partial charge >= 0.3 is 0 Å². The van der Waals surface area contributed by atoms with Crippen LogP contribution < -0.4 is 0 Å². The van der Waals surface area contributed by atoms with E-state index in [1.165, 1.54) is 0 Å². The van der Waals surface area contributed by atoms with Gasteiger partial charge in [0.1, 0.15) is 17.2 Å². The van der Waals surface area contributed by atoms with Crippen LogP contribution in [-0.2, 0) is 16.2 Å². The predicted octanol–water partition coefficient (Wildman–Crippen LogP) is 13.3. The summed E-state index contributed by atoms with van der Waals surface area (Å²) >= 11 is 0. The van der Waals surface area contributed by atoms with Crippen LogP contribution in [-0.4, -0.2) is 34.2 Å². The highest BCUT2D eigenvalue weighted by Gasteiger charge is 2.23. The third kappa shape index (κ3) is 11.3. The van der Waals surface area contributed by atoms with Gasteiger partial charge in [-0.05, 0) is 141 Å². The van der Waals surface area contributed by atoms with E-state index < -0.39 is 0 Å². The highest BCUT2D eigenvalue weighted by atomic mass is 16.3. The number of hydrogen-bond acceptors (Lipinski definition) is 6. The van der Waals surface area contributed by atoms with Crippen molar-refractivity contribution in [3.8, 4) is 86.2 Å².